The molecule has 1 fully saturated rings. The fraction of sp³-hybridized carbons (Fsp3) is 0.417. The van der Waals surface area contributed by atoms with Crippen LogP contribution in [0.15, 0.2) is 54.9 Å². The summed E-state index contributed by atoms with van der Waals surface area (Å²) in [6.45, 7) is 5.32. The van der Waals surface area contributed by atoms with Crippen LogP contribution >= 0.6 is 8.18 Å². The highest BCUT2D eigenvalue weighted by Gasteiger charge is 2.33. The average molecular weight is 489 g/mol. The lowest BCUT2D eigenvalue weighted by atomic mass is 10.0. The highest BCUT2D eigenvalue weighted by Crippen LogP contribution is 2.36. The van der Waals surface area contributed by atoms with Gasteiger partial charge in [0.2, 0.25) is 0 Å². The van der Waals surface area contributed by atoms with Gasteiger partial charge in [0, 0.05) is 17.8 Å². The average Bonchev–Trinajstić information content (AvgIpc) is 3.47. The van der Waals surface area contributed by atoms with E-state index in [1.54, 1.807) is 51.2 Å². The molecule has 182 valence electrons. The van der Waals surface area contributed by atoms with Gasteiger partial charge in [0.25, 0.3) is 0 Å². The van der Waals surface area contributed by atoms with Crippen LogP contribution in [0.5, 0.6) is 5.75 Å². The number of rotatable bonds is 8. The molecule has 0 spiro atoms. The van der Waals surface area contributed by atoms with Crippen molar-refractivity contribution in [3.8, 4) is 5.75 Å². The van der Waals surface area contributed by atoms with E-state index in [9.17, 15) is 9.36 Å². The molecule has 0 aliphatic carbocycles. The number of aromatic amines is 1. The zero-order valence-electron chi connectivity index (χ0n) is 19.5. The van der Waals surface area contributed by atoms with Crippen LogP contribution in [0, 0.1) is 0 Å². The van der Waals surface area contributed by atoms with E-state index in [4.69, 9.17) is 19.1 Å². The number of phenolic OH excluding ortho intramolecular Hbond substituents is 1. The van der Waals surface area contributed by atoms with Gasteiger partial charge >= 0.3 is 14.1 Å². The molecule has 3 N–H and O–H groups in total. The van der Waals surface area contributed by atoms with E-state index in [2.05, 4.69) is 15.1 Å². The highest BCUT2D eigenvalue weighted by molar-refractivity contribution is 7.36. The van der Waals surface area contributed by atoms with Gasteiger partial charge in [-0.1, -0.05) is 23.3 Å². The van der Waals surface area contributed by atoms with Crippen LogP contribution in [0.25, 0.3) is 11.0 Å². The Bertz CT molecular complexity index is 1070. The lowest BCUT2D eigenvalue weighted by molar-refractivity contribution is -0.149. The molecule has 1 saturated heterocycles. The fourth-order valence-corrected chi connectivity index (χ4v) is 4.28. The first kappa shape index (κ1) is 25.8. The molecule has 4 rings (SSSR count). The third-order valence-electron chi connectivity index (χ3n) is 5.09. The van der Waals surface area contributed by atoms with Gasteiger partial charge in [0.15, 0.2) is 0 Å². The van der Waals surface area contributed by atoms with E-state index in [1.807, 2.05) is 24.4 Å². The minimum Gasteiger partial charge on any atom is -0.508 e. The van der Waals surface area contributed by atoms with E-state index < -0.39 is 20.2 Å². The van der Waals surface area contributed by atoms with Crippen LogP contribution in [0.3, 0.4) is 0 Å². The zero-order chi connectivity index (χ0) is 24.5. The standard InChI is InChI=1S/C18H25N3O5P.C6H6O/c1-11(2)25-18(22)12(3)21-27(23)24-10-13-4-5-16(26-13)14-6-8-19-17-15(14)7-9-20-17;7-6-4-2-1-3-5-6/h6-9,11-13,16H,4-5,10H2,1-3H3,(H,19,20)(H,21,23);1-5,7H/q+1;. The van der Waals surface area contributed by atoms with Crippen molar-refractivity contribution in [2.45, 2.75) is 58.0 Å². The number of aromatic nitrogens is 2. The van der Waals surface area contributed by atoms with Crippen molar-refractivity contribution in [2.24, 2.45) is 0 Å². The van der Waals surface area contributed by atoms with Gasteiger partial charge in [0.05, 0.1) is 18.3 Å². The van der Waals surface area contributed by atoms with Crippen molar-refractivity contribution in [3.05, 3.63) is 60.4 Å². The van der Waals surface area contributed by atoms with Crippen molar-refractivity contribution < 1.29 is 28.5 Å². The number of hydrogen-bond acceptors (Lipinski definition) is 7. The Morgan fingerprint density at radius 1 is 1.24 bits per heavy atom. The number of benzene rings is 1. The van der Waals surface area contributed by atoms with Crippen LogP contribution in [0.1, 0.15) is 45.3 Å². The summed E-state index contributed by atoms with van der Waals surface area (Å²) in [5.41, 5.74) is 1.93. The number of aromatic hydroxyl groups is 1. The number of phenols is 1. The quantitative estimate of drug-likeness (QED) is 0.306. The maximum Gasteiger partial charge on any atom is 0.613 e. The summed E-state index contributed by atoms with van der Waals surface area (Å²) >= 11 is 0. The summed E-state index contributed by atoms with van der Waals surface area (Å²) in [5, 5.41) is 12.3. The zero-order valence-corrected chi connectivity index (χ0v) is 20.4. The van der Waals surface area contributed by atoms with Crippen LogP contribution in [0.2, 0.25) is 0 Å². The lowest BCUT2D eigenvalue weighted by Gasteiger charge is -2.13. The molecular formula is C24H31N3O6P+. The number of esters is 1. The van der Waals surface area contributed by atoms with Crippen molar-refractivity contribution in [3.63, 3.8) is 0 Å². The maximum absolute atomic E-state index is 12.0. The van der Waals surface area contributed by atoms with Crippen molar-refractivity contribution in [1.82, 2.24) is 15.1 Å². The smallest absolute Gasteiger partial charge is 0.508 e. The number of hydrogen-bond donors (Lipinski definition) is 3. The number of nitrogens with zero attached hydrogens (tertiary/aromatic N) is 1. The van der Waals surface area contributed by atoms with E-state index in [0.29, 0.717) is 5.75 Å². The summed E-state index contributed by atoms with van der Waals surface area (Å²) in [5.74, 6) is -0.134. The molecule has 3 heterocycles. The van der Waals surface area contributed by atoms with Crippen LogP contribution < -0.4 is 5.09 Å². The molecular weight excluding hydrogens is 457 g/mol. The minimum absolute atomic E-state index is 0.0364. The number of fused-ring (bicyclic) bond motifs is 1. The van der Waals surface area contributed by atoms with Crippen molar-refractivity contribution in [2.75, 3.05) is 6.61 Å². The van der Waals surface area contributed by atoms with Gasteiger partial charge in [0.1, 0.15) is 24.0 Å². The third-order valence-corrected chi connectivity index (χ3v) is 6.07. The molecule has 1 aromatic carbocycles. The molecule has 34 heavy (non-hydrogen) atoms. The van der Waals surface area contributed by atoms with Crippen molar-refractivity contribution in [1.29, 1.82) is 0 Å². The van der Waals surface area contributed by atoms with Crippen LogP contribution in [-0.2, 0) is 23.4 Å². The highest BCUT2D eigenvalue weighted by atomic mass is 31.1. The molecule has 1 aliphatic heterocycles. The van der Waals surface area contributed by atoms with E-state index in [0.717, 1.165) is 29.4 Å². The second kappa shape index (κ2) is 12.6. The fourth-order valence-electron chi connectivity index (χ4n) is 3.48. The Morgan fingerprint density at radius 2 is 2.00 bits per heavy atom. The predicted octanol–water partition coefficient (Wildman–Crippen LogP) is 4.78. The summed E-state index contributed by atoms with van der Waals surface area (Å²) in [6.07, 6.45) is 4.90. The molecule has 0 bridgehead atoms. The SMILES string of the molecule is CC(C)OC(=O)C(C)N[P+](=O)OCC1CCC(c2ccnc3[nH]ccc23)O1.Oc1ccccc1. The minimum atomic E-state index is -2.18. The van der Waals surface area contributed by atoms with Gasteiger partial charge in [-0.25, -0.2) is 4.98 Å². The van der Waals surface area contributed by atoms with E-state index in [-0.39, 0.29) is 24.9 Å². The van der Waals surface area contributed by atoms with E-state index >= 15 is 0 Å². The van der Waals surface area contributed by atoms with Gasteiger partial charge in [-0.05, 0) is 68.0 Å². The summed E-state index contributed by atoms with van der Waals surface area (Å²) in [7, 11) is -2.18. The number of ether oxygens (including phenoxy) is 2. The maximum atomic E-state index is 12.0. The number of pyridine rings is 1. The summed E-state index contributed by atoms with van der Waals surface area (Å²) < 4.78 is 28.5. The Balaban J connectivity index is 0.000000396. The van der Waals surface area contributed by atoms with E-state index in [1.165, 1.54) is 0 Å². The molecule has 1 aliphatic rings. The predicted molar refractivity (Wildman–Crippen MR) is 128 cm³/mol. The number of para-hydroxylation sites is 1. The second-order valence-corrected chi connectivity index (χ2v) is 9.22. The Kier molecular flexibility index (Phi) is 9.53. The van der Waals surface area contributed by atoms with Crippen molar-refractivity contribution >= 4 is 25.2 Å². The topological polar surface area (TPSA) is 123 Å². The molecule has 2 aromatic heterocycles. The largest absolute Gasteiger partial charge is 0.613 e. The molecule has 0 radical (unpaired) electrons. The summed E-state index contributed by atoms with van der Waals surface area (Å²) in [4.78, 5) is 19.1. The van der Waals surface area contributed by atoms with Gasteiger partial charge < -0.3 is 19.6 Å². The number of carbonyl (C=O) groups is 1. The lowest BCUT2D eigenvalue weighted by Crippen LogP contribution is -2.33. The first-order valence-electron chi connectivity index (χ1n) is 11.2. The number of H-pyrrole nitrogens is 1. The Labute approximate surface area is 199 Å². The molecule has 0 amide bonds. The Hall–Kier alpha value is -2.84. The number of carbonyl (C=O) groups excluding carboxylic acids is 1. The summed E-state index contributed by atoms with van der Waals surface area (Å²) in [6, 6.07) is 12.0. The number of nitrogens with one attached hydrogen (secondary N) is 2. The van der Waals surface area contributed by atoms with Gasteiger partial charge in [-0.2, -0.15) is 0 Å². The molecule has 3 aromatic rings. The monoisotopic (exact) mass is 488 g/mol. The molecule has 9 nitrogen and oxygen atoms in total. The van der Waals surface area contributed by atoms with Gasteiger partial charge in [-0.3, -0.25) is 4.79 Å². The first-order valence-corrected chi connectivity index (χ1v) is 12.4. The molecule has 10 heteroatoms. The molecule has 4 atom stereocenters. The molecule has 4 unspecified atom stereocenters. The first-order chi connectivity index (χ1) is 16.3. The Morgan fingerprint density at radius 3 is 2.68 bits per heavy atom. The van der Waals surface area contributed by atoms with Crippen LogP contribution in [0.4, 0.5) is 0 Å². The van der Waals surface area contributed by atoms with Gasteiger partial charge in [-0.15, -0.1) is 4.52 Å². The second-order valence-electron chi connectivity index (χ2n) is 8.19. The van der Waals surface area contributed by atoms with Crippen LogP contribution in [-0.4, -0.2) is 45.9 Å². The third kappa shape index (κ3) is 7.60. The normalized spacial score (nSPS) is 18.9. The molecule has 0 saturated carbocycles.